The Morgan fingerprint density at radius 3 is 2.34 bits per heavy atom. The van der Waals surface area contributed by atoms with Crippen LogP contribution in [0.4, 0.5) is 0 Å². The summed E-state index contributed by atoms with van der Waals surface area (Å²) >= 11 is 6.06. The molecule has 3 rings (SSSR count). The standard InChI is InChI=1S/C20H24ClN5O2.HI/c1-4-22-20(25(3)13-15-11-14(21)12-24(15)2)23-9-10-26-18(27)16-7-5-6-8-17(16)19(26)28;/h5-8,11-12H,4,9-10,13H2,1-3H3,(H,22,23);1H. The predicted molar refractivity (Wildman–Crippen MR) is 125 cm³/mol. The molecule has 2 aromatic rings. The van der Waals surface area contributed by atoms with Gasteiger partial charge in [-0.15, -0.1) is 24.0 Å². The van der Waals surface area contributed by atoms with Crippen LogP contribution in [-0.4, -0.2) is 58.8 Å². The van der Waals surface area contributed by atoms with Crippen LogP contribution in [0.15, 0.2) is 41.5 Å². The summed E-state index contributed by atoms with van der Waals surface area (Å²) in [6.07, 6.45) is 1.86. The molecular weight excluding hydrogens is 505 g/mol. The molecule has 0 spiro atoms. The number of carbonyl (C=O) groups is 2. The molecule has 7 nitrogen and oxygen atoms in total. The van der Waals surface area contributed by atoms with Gasteiger partial charge < -0.3 is 14.8 Å². The van der Waals surface area contributed by atoms with Crippen molar-refractivity contribution >= 4 is 53.4 Å². The molecule has 1 aliphatic rings. The molecule has 0 radical (unpaired) electrons. The number of aliphatic imine (C=N–C) groups is 1. The fourth-order valence-corrected chi connectivity index (χ4v) is 3.48. The summed E-state index contributed by atoms with van der Waals surface area (Å²) in [6.45, 7) is 3.90. The third-order valence-electron chi connectivity index (χ3n) is 4.63. The first-order valence-corrected chi connectivity index (χ1v) is 9.55. The zero-order valence-electron chi connectivity index (χ0n) is 16.7. The number of benzene rings is 1. The molecule has 0 bridgehead atoms. The van der Waals surface area contributed by atoms with Crippen LogP contribution in [0.5, 0.6) is 0 Å². The summed E-state index contributed by atoms with van der Waals surface area (Å²) < 4.78 is 1.97. The quantitative estimate of drug-likeness (QED) is 0.270. The fraction of sp³-hybridized carbons (Fsp3) is 0.350. The molecule has 9 heteroatoms. The number of nitrogens with zero attached hydrogens (tertiary/aromatic N) is 4. The van der Waals surface area contributed by atoms with Gasteiger partial charge in [0.1, 0.15) is 0 Å². The second-order valence-electron chi connectivity index (χ2n) is 6.66. The second-order valence-corrected chi connectivity index (χ2v) is 7.10. The lowest BCUT2D eigenvalue weighted by Gasteiger charge is -2.22. The average molecular weight is 530 g/mol. The molecule has 2 heterocycles. The van der Waals surface area contributed by atoms with Crippen molar-refractivity contribution in [3.63, 3.8) is 0 Å². The Kier molecular flexibility index (Phi) is 8.09. The van der Waals surface area contributed by atoms with Gasteiger partial charge in [-0.1, -0.05) is 23.7 Å². The summed E-state index contributed by atoms with van der Waals surface area (Å²) in [6, 6.07) is 8.81. The maximum Gasteiger partial charge on any atom is 0.261 e. The molecule has 0 unspecified atom stereocenters. The summed E-state index contributed by atoms with van der Waals surface area (Å²) in [5, 5.41) is 3.93. The van der Waals surface area contributed by atoms with Crippen molar-refractivity contribution in [1.29, 1.82) is 0 Å². The largest absolute Gasteiger partial charge is 0.357 e. The van der Waals surface area contributed by atoms with E-state index in [1.54, 1.807) is 24.3 Å². The molecule has 0 fully saturated rings. The average Bonchev–Trinajstić information content (AvgIpc) is 3.11. The molecule has 0 saturated heterocycles. The maximum absolute atomic E-state index is 12.4. The molecule has 1 aromatic carbocycles. The van der Waals surface area contributed by atoms with Gasteiger partial charge in [0.2, 0.25) is 0 Å². The molecule has 1 aliphatic heterocycles. The van der Waals surface area contributed by atoms with E-state index >= 15 is 0 Å². The Labute approximate surface area is 192 Å². The highest BCUT2D eigenvalue weighted by atomic mass is 127. The minimum atomic E-state index is -0.257. The van der Waals surface area contributed by atoms with E-state index in [-0.39, 0.29) is 42.3 Å². The van der Waals surface area contributed by atoms with Gasteiger partial charge >= 0.3 is 0 Å². The van der Waals surface area contributed by atoms with Crippen molar-refractivity contribution in [1.82, 2.24) is 19.7 Å². The molecule has 0 atom stereocenters. The highest BCUT2D eigenvalue weighted by Gasteiger charge is 2.34. The van der Waals surface area contributed by atoms with E-state index in [4.69, 9.17) is 11.6 Å². The first-order valence-electron chi connectivity index (χ1n) is 9.17. The highest BCUT2D eigenvalue weighted by Crippen LogP contribution is 2.22. The normalized spacial score (nSPS) is 13.4. The van der Waals surface area contributed by atoms with E-state index in [2.05, 4.69) is 10.3 Å². The van der Waals surface area contributed by atoms with E-state index < -0.39 is 0 Å². The Morgan fingerprint density at radius 1 is 1.21 bits per heavy atom. The number of hydrogen-bond donors (Lipinski definition) is 1. The number of fused-ring (bicyclic) bond motifs is 1. The summed E-state index contributed by atoms with van der Waals surface area (Å²) in [7, 11) is 3.88. The number of guanidine groups is 1. The minimum Gasteiger partial charge on any atom is -0.357 e. The fourth-order valence-electron chi connectivity index (χ4n) is 3.21. The van der Waals surface area contributed by atoms with Gasteiger partial charge in [-0.25, -0.2) is 0 Å². The number of hydrogen-bond acceptors (Lipinski definition) is 3. The number of carbonyl (C=O) groups excluding carboxylic acids is 2. The molecule has 156 valence electrons. The molecular formula is C20H25ClIN5O2. The number of imide groups is 1. The van der Waals surface area contributed by atoms with Crippen molar-refractivity contribution < 1.29 is 9.59 Å². The molecule has 0 saturated carbocycles. The zero-order chi connectivity index (χ0) is 20.3. The smallest absolute Gasteiger partial charge is 0.261 e. The Bertz CT molecular complexity index is 892. The van der Waals surface area contributed by atoms with Crippen LogP contribution in [0.3, 0.4) is 0 Å². The van der Waals surface area contributed by atoms with Gasteiger partial charge in [0.25, 0.3) is 11.8 Å². The lowest BCUT2D eigenvalue weighted by molar-refractivity contribution is 0.0659. The Morgan fingerprint density at radius 2 is 1.83 bits per heavy atom. The van der Waals surface area contributed by atoms with Crippen LogP contribution in [0.25, 0.3) is 0 Å². The number of nitrogens with one attached hydrogen (secondary N) is 1. The minimum absolute atomic E-state index is 0. The molecule has 1 N–H and O–H groups in total. The number of rotatable bonds is 6. The lowest BCUT2D eigenvalue weighted by atomic mass is 10.1. The van der Waals surface area contributed by atoms with Crippen molar-refractivity contribution in [2.45, 2.75) is 13.5 Å². The third-order valence-corrected chi connectivity index (χ3v) is 4.84. The van der Waals surface area contributed by atoms with Crippen molar-refractivity contribution in [2.24, 2.45) is 12.0 Å². The molecule has 0 aliphatic carbocycles. The summed E-state index contributed by atoms with van der Waals surface area (Å²) in [4.78, 5) is 32.7. The van der Waals surface area contributed by atoms with E-state index in [1.165, 1.54) is 4.90 Å². The van der Waals surface area contributed by atoms with E-state index in [0.717, 1.165) is 5.69 Å². The van der Waals surface area contributed by atoms with E-state index in [1.807, 2.05) is 42.7 Å². The lowest BCUT2D eigenvalue weighted by Crippen LogP contribution is -2.39. The van der Waals surface area contributed by atoms with E-state index in [0.29, 0.717) is 41.7 Å². The van der Waals surface area contributed by atoms with Crippen LogP contribution in [0.2, 0.25) is 5.02 Å². The van der Waals surface area contributed by atoms with Gasteiger partial charge in [0, 0.05) is 39.1 Å². The summed E-state index contributed by atoms with van der Waals surface area (Å²) in [5.74, 6) is 0.191. The van der Waals surface area contributed by atoms with E-state index in [9.17, 15) is 9.59 Å². The van der Waals surface area contributed by atoms with Crippen molar-refractivity contribution in [3.8, 4) is 0 Å². The molecule has 2 amide bonds. The maximum atomic E-state index is 12.4. The van der Waals surface area contributed by atoms with Gasteiger partial charge in [0.05, 0.1) is 29.2 Å². The van der Waals surface area contributed by atoms with Gasteiger partial charge in [-0.3, -0.25) is 19.5 Å². The number of halogens is 2. The number of amides is 2. The van der Waals surface area contributed by atoms with Crippen LogP contribution < -0.4 is 5.32 Å². The zero-order valence-corrected chi connectivity index (χ0v) is 19.8. The first kappa shape index (κ1) is 23.2. The number of aromatic nitrogens is 1. The van der Waals surface area contributed by atoms with Crippen LogP contribution in [-0.2, 0) is 13.6 Å². The Balaban J connectivity index is 0.00000300. The van der Waals surface area contributed by atoms with Gasteiger partial charge in [-0.05, 0) is 25.1 Å². The second kappa shape index (κ2) is 10.1. The van der Waals surface area contributed by atoms with Crippen LogP contribution in [0.1, 0.15) is 33.3 Å². The molecule has 1 aromatic heterocycles. The van der Waals surface area contributed by atoms with Crippen molar-refractivity contribution in [3.05, 3.63) is 58.4 Å². The number of aryl methyl sites for hydroxylation is 1. The molecule has 29 heavy (non-hydrogen) atoms. The SMILES string of the molecule is CCNC(=NCCN1C(=O)c2ccccc2C1=O)N(C)Cc1cc(Cl)cn1C.I. The summed E-state index contributed by atoms with van der Waals surface area (Å²) in [5.41, 5.74) is 1.97. The first-order chi connectivity index (χ1) is 13.4. The third kappa shape index (κ3) is 5.11. The predicted octanol–water partition coefficient (Wildman–Crippen LogP) is 2.99. The Hall–Kier alpha value is -2.07. The van der Waals surface area contributed by atoms with Gasteiger partial charge in [-0.2, -0.15) is 0 Å². The van der Waals surface area contributed by atoms with Crippen molar-refractivity contribution in [2.75, 3.05) is 26.7 Å². The van der Waals surface area contributed by atoms with Crippen LogP contribution in [0, 0.1) is 0 Å². The van der Waals surface area contributed by atoms with Gasteiger partial charge in [0.15, 0.2) is 5.96 Å². The monoisotopic (exact) mass is 529 g/mol. The van der Waals surface area contributed by atoms with Crippen LogP contribution >= 0.6 is 35.6 Å². The highest BCUT2D eigenvalue weighted by molar-refractivity contribution is 14.0. The topological polar surface area (TPSA) is 69.9 Å².